The number of rotatable bonds is 12. The van der Waals surface area contributed by atoms with Gasteiger partial charge in [-0.2, -0.15) is 4.98 Å². The number of benzene rings is 1. The highest BCUT2D eigenvalue weighted by atomic mass is 16.2. The van der Waals surface area contributed by atoms with Crippen molar-refractivity contribution in [3.8, 4) is 0 Å². The third kappa shape index (κ3) is 6.57. The molecule has 7 nitrogen and oxygen atoms in total. The smallest absolute Gasteiger partial charge is 0.224 e. The average molecular weight is 395 g/mol. The van der Waals surface area contributed by atoms with Crippen LogP contribution in [0.4, 0.5) is 17.5 Å². The van der Waals surface area contributed by atoms with Gasteiger partial charge in [0.1, 0.15) is 5.82 Å². The molecule has 0 atom stereocenters. The van der Waals surface area contributed by atoms with E-state index in [1.807, 2.05) is 18.3 Å². The first-order valence-electron chi connectivity index (χ1n) is 10.3. The number of anilines is 3. The molecule has 154 valence electrons. The summed E-state index contributed by atoms with van der Waals surface area (Å²) in [7, 11) is 0. The van der Waals surface area contributed by atoms with Crippen LogP contribution in [0.5, 0.6) is 0 Å². The number of aliphatic hydroxyl groups is 1. The van der Waals surface area contributed by atoms with Gasteiger partial charge in [-0.05, 0) is 56.4 Å². The number of hydrogen-bond donors (Lipinski definition) is 4. The van der Waals surface area contributed by atoms with Crippen LogP contribution < -0.4 is 16.0 Å². The monoisotopic (exact) mass is 394 g/mol. The van der Waals surface area contributed by atoms with E-state index in [1.165, 1.54) is 5.56 Å². The summed E-state index contributed by atoms with van der Waals surface area (Å²) < 4.78 is 0. The van der Waals surface area contributed by atoms with E-state index in [9.17, 15) is 0 Å². The summed E-state index contributed by atoms with van der Waals surface area (Å²) in [6.07, 6.45) is 7.41. The maximum absolute atomic E-state index is 8.80. The molecule has 3 aromatic rings. The molecule has 0 aliphatic heterocycles. The number of aliphatic hydroxyl groups excluding tert-OH is 1. The Labute approximate surface area is 172 Å². The molecule has 2 heterocycles. The first-order chi connectivity index (χ1) is 14.3. The molecule has 0 aliphatic carbocycles. The van der Waals surface area contributed by atoms with Crippen molar-refractivity contribution >= 4 is 28.4 Å². The fraction of sp³-hybridized carbons (Fsp3) is 0.409. The molecule has 0 aliphatic rings. The van der Waals surface area contributed by atoms with Crippen molar-refractivity contribution in [3.63, 3.8) is 0 Å². The molecule has 0 fully saturated rings. The van der Waals surface area contributed by atoms with Gasteiger partial charge >= 0.3 is 0 Å². The molecule has 0 unspecified atom stereocenters. The number of pyridine rings is 1. The quantitative estimate of drug-likeness (QED) is 0.347. The van der Waals surface area contributed by atoms with Crippen LogP contribution in [0.15, 0.2) is 42.7 Å². The lowest BCUT2D eigenvalue weighted by molar-refractivity contribution is 0.283. The molecule has 3 rings (SSSR count). The normalized spacial score (nSPS) is 10.8. The minimum Gasteiger partial charge on any atom is -0.396 e. The Balaban J connectivity index is 1.40. The summed E-state index contributed by atoms with van der Waals surface area (Å²) in [6.45, 7) is 4.83. The summed E-state index contributed by atoms with van der Waals surface area (Å²) in [5, 5.41) is 20.0. The largest absolute Gasteiger partial charge is 0.396 e. The average Bonchev–Trinajstić information content (AvgIpc) is 2.73. The number of fused-ring (bicyclic) bond motifs is 1. The van der Waals surface area contributed by atoms with Crippen molar-refractivity contribution in [2.24, 2.45) is 0 Å². The van der Waals surface area contributed by atoms with Crippen molar-refractivity contribution in [2.45, 2.75) is 32.6 Å². The molecular weight excluding hydrogens is 364 g/mol. The highest BCUT2D eigenvalue weighted by Crippen LogP contribution is 2.22. The lowest BCUT2D eigenvalue weighted by Gasteiger charge is -2.11. The van der Waals surface area contributed by atoms with Gasteiger partial charge in [0, 0.05) is 49.7 Å². The Bertz CT molecular complexity index is 901. The van der Waals surface area contributed by atoms with Crippen molar-refractivity contribution < 1.29 is 5.11 Å². The van der Waals surface area contributed by atoms with Gasteiger partial charge in [-0.15, -0.1) is 0 Å². The molecule has 4 N–H and O–H groups in total. The van der Waals surface area contributed by atoms with E-state index in [4.69, 9.17) is 5.11 Å². The van der Waals surface area contributed by atoms with E-state index >= 15 is 0 Å². The lowest BCUT2D eigenvalue weighted by Crippen LogP contribution is -2.11. The Morgan fingerprint density at radius 3 is 2.55 bits per heavy atom. The fourth-order valence-corrected chi connectivity index (χ4v) is 3.10. The molecule has 0 spiro atoms. The predicted octanol–water partition coefficient (Wildman–Crippen LogP) is 3.82. The second-order valence-corrected chi connectivity index (χ2v) is 7.06. The zero-order chi connectivity index (χ0) is 20.3. The molecule has 0 saturated heterocycles. The molecule has 0 saturated carbocycles. The van der Waals surface area contributed by atoms with Crippen LogP contribution in [0.2, 0.25) is 0 Å². The highest BCUT2D eigenvalue weighted by molar-refractivity contribution is 5.91. The number of aromatic nitrogens is 3. The predicted molar refractivity (Wildman–Crippen MR) is 120 cm³/mol. The second-order valence-electron chi connectivity index (χ2n) is 7.06. The van der Waals surface area contributed by atoms with Crippen molar-refractivity contribution in [1.82, 2.24) is 15.0 Å². The van der Waals surface area contributed by atoms with Gasteiger partial charge in [0.2, 0.25) is 5.95 Å². The molecular formula is C22H30N6O. The van der Waals surface area contributed by atoms with Crippen LogP contribution in [-0.2, 0) is 0 Å². The summed E-state index contributed by atoms with van der Waals surface area (Å²) >= 11 is 0. The number of nitrogens with zero attached hydrogens (tertiary/aromatic N) is 3. The number of nitrogens with one attached hydrogen (secondary N) is 3. The van der Waals surface area contributed by atoms with Crippen LogP contribution in [0.3, 0.4) is 0 Å². The fourth-order valence-electron chi connectivity index (χ4n) is 3.10. The second kappa shape index (κ2) is 11.2. The van der Waals surface area contributed by atoms with Crippen molar-refractivity contribution in [1.29, 1.82) is 0 Å². The van der Waals surface area contributed by atoms with E-state index in [2.05, 4.69) is 56.0 Å². The molecule has 0 amide bonds. The van der Waals surface area contributed by atoms with Gasteiger partial charge in [0.15, 0.2) is 0 Å². The van der Waals surface area contributed by atoms with Crippen molar-refractivity contribution in [3.05, 3.63) is 48.3 Å². The Morgan fingerprint density at radius 2 is 1.66 bits per heavy atom. The topological polar surface area (TPSA) is 95.0 Å². The Morgan fingerprint density at radius 1 is 0.828 bits per heavy atom. The molecule has 2 aromatic heterocycles. The highest BCUT2D eigenvalue weighted by Gasteiger charge is 2.02. The number of hydrogen-bond acceptors (Lipinski definition) is 7. The molecule has 7 heteroatoms. The third-order valence-electron chi connectivity index (χ3n) is 4.65. The number of aryl methyl sites for hydroxylation is 1. The van der Waals surface area contributed by atoms with Gasteiger partial charge in [-0.25, -0.2) is 4.98 Å². The van der Waals surface area contributed by atoms with E-state index in [0.29, 0.717) is 5.95 Å². The molecule has 29 heavy (non-hydrogen) atoms. The maximum Gasteiger partial charge on any atom is 0.224 e. The minimum atomic E-state index is 0.252. The van der Waals surface area contributed by atoms with E-state index in [-0.39, 0.29) is 6.61 Å². The van der Waals surface area contributed by atoms with Crippen LogP contribution in [0.25, 0.3) is 10.9 Å². The van der Waals surface area contributed by atoms with Gasteiger partial charge in [0.25, 0.3) is 0 Å². The van der Waals surface area contributed by atoms with E-state index in [0.717, 1.165) is 67.7 Å². The van der Waals surface area contributed by atoms with Gasteiger partial charge in [-0.3, -0.25) is 4.98 Å². The molecule has 1 aromatic carbocycles. The zero-order valence-corrected chi connectivity index (χ0v) is 17.0. The summed E-state index contributed by atoms with van der Waals surface area (Å²) in [5.41, 5.74) is 3.35. The van der Waals surface area contributed by atoms with E-state index in [1.54, 1.807) is 6.20 Å². The summed E-state index contributed by atoms with van der Waals surface area (Å²) in [5.74, 6) is 1.46. The first kappa shape index (κ1) is 20.8. The zero-order valence-electron chi connectivity index (χ0n) is 17.0. The van der Waals surface area contributed by atoms with E-state index < -0.39 is 0 Å². The standard InChI is InChI=1S/C22H30N6O/c1-17-6-7-18-19(8-13-24-20(18)16-17)23-11-5-12-25-21-9-14-27-22(28-21)26-10-3-2-4-15-29/h6-9,13-14,16,29H,2-5,10-12,15H2,1H3,(H,23,24)(H2,25,26,27,28). The third-order valence-corrected chi connectivity index (χ3v) is 4.65. The van der Waals surface area contributed by atoms with Crippen LogP contribution in [0, 0.1) is 6.92 Å². The summed E-state index contributed by atoms with van der Waals surface area (Å²) in [6, 6.07) is 10.2. The first-order valence-corrected chi connectivity index (χ1v) is 10.3. The maximum atomic E-state index is 8.80. The van der Waals surface area contributed by atoms with Crippen molar-refractivity contribution in [2.75, 3.05) is 42.2 Å². The van der Waals surface area contributed by atoms with Crippen LogP contribution in [-0.4, -0.2) is 46.3 Å². The number of unbranched alkanes of at least 4 members (excludes halogenated alkanes) is 2. The summed E-state index contributed by atoms with van der Waals surface area (Å²) in [4.78, 5) is 13.2. The lowest BCUT2D eigenvalue weighted by atomic mass is 10.1. The Kier molecular flexibility index (Phi) is 8.01. The Hall–Kier alpha value is -2.93. The molecule has 0 radical (unpaired) electrons. The van der Waals surface area contributed by atoms with Gasteiger partial charge < -0.3 is 21.1 Å². The van der Waals surface area contributed by atoms with Crippen LogP contribution in [0.1, 0.15) is 31.2 Å². The van der Waals surface area contributed by atoms with Gasteiger partial charge in [-0.1, -0.05) is 12.1 Å². The SMILES string of the molecule is Cc1ccc2c(NCCCNc3ccnc(NCCCCCO)n3)ccnc2c1. The minimum absolute atomic E-state index is 0.252. The van der Waals surface area contributed by atoms with Crippen LogP contribution >= 0.6 is 0 Å². The van der Waals surface area contributed by atoms with Gasteiger partial charge in [0.05, 0.1) is 5.52 Å². The molecule has 0 bridgehead atoms.